The third-order valence-electron chi connectivity index (χ3n) is 5.15. The zero-order chi connectivity index (χ0) is 18.6. The number of carbonyl (C=O) groups is 1. The van der Waals surface area contributed by atoms with Crippen molar-refractivity contribution >= 4 is 17.1 Å². The van der Waals surface area contributed by atoms with E-state index in [0.717, 1.165) is 24.1 Å². The number of imidazole rings is 1. The predicted molar refractivity (Wildman–Crippen MR) is 106 cm³/mol. The molecule has 1 aromatic heterocycles. The molecular weight excluding hydrogens is 340 g/mol. The lowest BCUT2D eigenvalue weighted by Crippen LogP contribution is -2.34. The molecule has 0 spiro atoms. The Kier molecular flexibility index (Phi) is 5.07. The Morgan fingerprint density at radius 3 is 2.59 bits per heavy atom. The summed E-state index contributed by atoms with van der Waals surface area (Å²) in [6.07, 6.45) is 3.47. The number of H-pyrrole nitrogens is 1. The number of hydrogen-bond acceptors (Lipinski definition) is 3. The van der Waals surface area contributed by atoms with Crippen molar-refractivity contribution in [3.63, 3.8) is 0 Å². The Morgan fingerprint density at radius 1 is 1.04 bits per heavy atom. The second-order valence-corrected chi connectivity index (χ2v) is 7.06. The van der Waals surface area contributed by atoms with Gasteiger partial charge in [0, 0.05) is 13.1 Å². The molecule has 3 aromatic rings. The molecule has 27 heavy (non-hydrogen) atoms. The highest BCUT2D eigenvalue weighted by atomic mass is 16.2. The van der Waals surface area contributed by atoms with Gasteiger partial charge < -0.3 is 15.2 Å². The van der Waals surface area contributed by atoms with Gasteiger partial charge in [-0.3, -0.25) is 0 Å². The molecule has 4 rings (SSSR count). The molecule has 0 unspecified atom stereocenters. The zero-order valence-electron chi connectivity index (χ0n) is 15.3. The molecule has 0 bridgehead atoms. The van der Waals surface area contributed by atoms with E-state index in [4.69, 9.17) is 0 Å². The average Bonchev–Trinajstić information content (AvgIpc) is 3.32. The molecule has 1 aliphatic heterocycles. The van der Waals surface area contributed by atoms with Crippen LogP contribution in [0.3, 0.4) is 0 Å². The molecule has 1 saturated heterocycles. The Balaban J connectivity index is 1.52. The van der Waals surface area contributed by atoms with Crippen molar-refractivity contribution in [1.29, 1.82) is 0 Å². The molecule has 0 aliphatic carbocycles. The Morgan fingerprint density at radius 2 is 1.81 bits per heavy atom. The summed E-state index contributed by atoms with van der Waals surface area (Å²) in [5, 5.41) is 2.83. The van der Waals surface area contributed by atoms with Gasteiger partial charge >= 0.3 is 11.7 Å². The standard InChI is InChI=1S/C21H24N4O2/c26-20(22-15-17-6-2-1-3-7-17)25-19-14-16(8-9-18(19)23-21(25)27)10-13-24-11-4-5-12-24/h1-3,6-9,14H,4-5,10-13,15H2,(H,22,26)(H,23,27). The maximum atomic E-state index is 12.6. The molecule has 140 valence electrons. The summed E-state index contributed by atoms with van der Waals surface area (Å²) < 4.78 is 1.19. The quantitative estimate of drug-likeness (QED) is 0.731. The van der Waals surface area contributed by atoms with Crippen LogP contribution in [0.2, 0.25) is 0 Å². The maximum Gasteiger partial charge on any atom is 0.334 e. The minimum Gasteiger partial charge on any atom is -0.333 e. The van der Waals surface area contributed by atoms with Crippen LogP contribution in [0.1, 0.15) is 24.0 Å². The minimum atomic E-state index is -0.410. The average molecular weight is 364 g/mol. The van der Waals surface area contributed by atoms with E-state index in [1.54, 1.807) is 0 Å². The molecule has 0 atom stereocenters. The number of rotatable bonds is 5. The number of hydrogen-bond donors (Lipinski definition) is 2. The molecule has 2 N–H and O–H groups in total. The van der Waals surface area contributed by atoms with Gasteiger partial charge in [-0.15, -0.1) is 0 Å². The van der Waals surface area contributed by atoms with Crippen LogP contribution < -0.4 is 11.0 Å². The highest BCUT2D eigenvalue weighted by Crippen LogP contribution is 2.15. The lowest BCUT2D eigenvalue weighted by Gasteiger charge is -2.14. The molecule has 1 aliphatic rings. The van der Waals surface area contributed by atoms with E-state index in [-0.39, 0.29) is 0 Å². The first-order chi connectivity index (χ1) is 13.2. The summed E-state index contributed by atoms with van der Waals surface area (Å²) in [6, 6.07) is 15.1. The van der Waals surface area contributed by atoms with Crippen molar-refractivity contribution in [3.05, 3.63) is 70.1 Å². The Labute approximate surface area is 157 Å². The third-order valence-corrected chi connectivity index (χ3v) is 5.15. The monoisotopic (exact) mass is 364 g/mol. The van der Waals surface area contributed by atoms with E-state index in [0.29, 0.717) is 17.6 Å². The molecule has 2 aromatic carbocycles. The van der Waals surface area contributed by atoms with Crippen LogP contribution in [0.4, 0.5) is 4.79 Å². The summed E-state index contributed by atoms with van der Waals surface area (Å²) in [6.45, 7) is 3.73. The summed E-state index contributed by atoms with van der Waals surface area (Å²) in [7, 11) is 0. The van der Waals surface area contributed by atoms with Crippen molar-refractivity contribution in [1.82, 2.24) is 19.8 Å². The second kappa shape index (κ2) is 7.80. The zero-order valence-corrected chi connectivity index (χ0v) is 15.3. The number of carbonyl (C=O) groups excluding carboxylic acids is 1. The van der Waals surface area contributed by atoms with Crippen molar-refractivity contribution in [2.24, 2.45) is 0 Å². The van der Waals surface area contributed by atoms with Gasteiger partial charge in [0.15, 0.2) is 0 Å². The normalized spacial score (nSPS) is 14.7. The second-order valence-electron chi connectivity index (χ2n) is 7.06. The predicted octanol–water partition coefficient (Wildman–Crippen LogP) is 2.73. The fourth-order valence-corrected chi connectivity index (χ4v) is 3.65. The van der Waals surface area contributed by atoms with Crippen molar-refractivity contribution in [3.8, 4) is 0 Å². The van der Waals surface area contributed by atoms with Gasteiger partial charge in [0.25, 0.3) is 0 Å². The largest absolute Gasteiger partial charge is 0.334 e. The first-order valence-corrected chi connectivity index (χ1v) is 9.49. The van der Waals surface area contributed by atoms with Gasteiger partial charge in [-0.2, -0.15) is 0 Å². The van der Waals surface area contributed by atoms with Crippen molar-refractivity contribution < 1.29 is 4.79 Å². The molecule has 1 fully saturated rings. The molecule has 2 heterocycles. The first-order valence-electron chi connectivity index (χ1n) is 9.49. The summed E-state index contributed by atoms with van der Waals surface area (Å²) in [4.78, 5) is 30.1. The summed E-state index contributed by atoms with van der Waals surface area (Å²) >= 11 is 0. The molecule has 1 amide bonds. The van der Waals surface area contributed by atoms with Gasteiger partial charge in [0.05, 0.1) is 11.0 Å². The van der Waals surface area contributed by atoms with Gasteiger partial charge in [0.2, 0.25) is 0 Å². The topological polar surface area (TPSA) is 70.1 Å². The van der Waals surface area contributed by atoms with Gasteiger partial charge in [0.1, 0.15) is 0 Å². The number of benzene rings is 2. The van der Waals surface area contributed by atoms with Crippen LogP contribution in [0.5, 0.6) is 0 Å². The number of amides is 1. The van der Waals surface area contributed by atoms with Crippen LogP contribution in [0.25, 0.3) is 11.0 Å². The summed E-state index contributed by atoms with van der Waals surface area (Å²) in [5.41, 5.74) is 3.03. The fraction of sp³-hybridized carbons (Fsp3) is 0.333. The number of nitrogens with zero attached hydrogens (tertiary/aromatic N) is 2. The first kappa shape index (κ1) is 17.5. The Hall–Kier alpha value is -2.86. The lowest BCUT2D eigenvalue weighted by molar-refractivity contribution is 0.242. The summed E-state index contributed by atoms with van der Waals surface area (Å²) in [5.74, 6) is 0. The Bertz CT molecular complexity index is 984. The van der Waals surface area contributed by atoms with E-state index in [9.17, 15) is 9.59 Å². The van der Waals surface area contributed by atoms with E-state index < -0.39 is 11.7 Å². The third kappa shape index (κ3) is 3.95. The number of fused-ring (bicyclic) bond motifs is 1. The van der Waals surface area contributed by atoms with Crippen LogP contribution in [0.15, 0.2) is 53.3 Å². The molecule has 0 saturated carbocycles. The van der Waals surface area contributed by atoms with E-state index >= 15 is 0 Å². The highest BCUT2D eigenvalue weighted by Gasteiger charge is 2.15. The van der Waals surface area contributed by atoms with Crippen LogP contribution in [-0.2, 0) is 13.0 Å². The smallest absolute Gasteiger partial charge is 0.333 e. The van der Waals surface area contributed by atoms with Crippen molar-refractivity contribution in [2.45, 2.75) is 25.8 Å². The van der Waals surface area contributed by atoms with Gasteiger partial charge in [-0.05, 0) is 55.6 Å². The molecule has 6 heteroatoms. The SMILES string of the molecule is O=C(NCc1ccccc1)n1c(=O)[nH]c2ccc(CCN3CCCC3)cc21. The van der Waals surface area contributed by atoms with Gasteiger partial charge in [-0.25, -0.2) is 14.2 Å². The highest BCUT2D eigenvalue weighted by molar-refractivity contribution is 5.89. The molecule has 0 radical (unpaired) electrons. The minimum absolute atomic E-state index is 0.382. The molecule has 6 nitrogen and oxygen atoms in total. The number of nitrogens with one attached hydrogen (secondary N) is 2. The van der Waals surface area contributed by atoms with Crippen molar-refractivity contribution in [2.75, 3.05) is 19.6 Å². The van der Waals surface area contributed by atoms with Crippen LogP contribution in [0, 0.1) is 0 Å². The van der Waals surface area contributed by atoms with E-state index in [1.165, 1.54) is 30.5 Å². The number of aromatic nitrogens is 2. The van der Waals surface area contributed by atoms with E-state index in [2.05, 4.69) is 15.2 Å². The maximum absolute atomic E-state index is 12.6. The van der Waals surface area contributed by atoms with Crippen LogP contribution >= 0.6 is 0 Å². The lowest BCUT2D eigenvalue weighted by atomic mass is 10.1. The number of aromatic amines is 1. The van der Waals surface area contributed by atoms with Gasteiger partial charge in [-0.1, -0.05) is 36.4 Å². The van der Waals surface area contributed by atoms with E-state index in [1.807, 2.05) is 48.5 Å². The molecular formula is C21H24N4O2. The fourth-order valence-electron chi connectivity index (χ4n) is 3.65. The number of likely N-dealkylation sites (tertiary alicyclic amines) is 1. The van der Waals surface area contributed by atoms with Crippen LogP contribution in [-0.4, -0.2) is 40.1 Å².